The maximum atomic E-state index is 0. The molecule has 0 rings (SSSR count). The van der Waals surface area contributed by atoms with Gasteiger partial charge in [0.2, 0.25) is 0 Å². The summed E-state index contributed by atoms with van der Waals surface area (Å²) < 4.78 is 0. The number of rotatable bonds is 0. The Labute approximate surface area is 142 Å². The fraction of sp³-hybridized carbons (Fsp3) is 0. The van der Waals surface area contributed by atoms with Gasteiger partial charge >= 0.3 is 52.4 Å². The smallest absolute Gasteiger partial charge is 0.412 e. The second kappa shape index (κ2) is 363. The van der Waals surface area contributed by atoms with E-state index in [1.165, 1.54) is 0 Å². The molecular formula is H18Bi2Mo2O9+6. The van der Waals surface area contributed by atoms with Crippen LogP contribution >= 0.6 is 0 Å². The molecule has 0 atom stereocenters. The molecule has 4 radical (unpaired) electrons. The monoisotopic (exact) mass is 776 g/mol. The zero-order valence-electron chi connectivity index (χ0n) is 6.21. The molecule has 18 N–H and O–H groups in total. The van der Waals surface area contributed by atoms with Crippen molar-refractivity contribution in [2.45, 2.75) is 0 Å². The number of hydrogen-bond acceptors (Lipinski definition) is 0. The first kappa shape index (κ1) is 445. The van der Waals surface area contributed by atoms with Crippen LogP contribution in [0.4, 0.5) is 0 Å². The van der Waals surface area contributed by atoms with Crippen molar-refractivity contribution >= 4 is 52.4 Å². The minimum Gasteiger partial charge on any atom is -0.412 e. The molecule has 0 aromatic carbocycles. The molecule has 13 heavy (non-hydrogen) atoms. The van der Waals surface area contributed by atoms with E-state index in [9.17, 15) is 0 Å². The SMILES string of the molecule is O.O.O.O.O.O.O.O.O.[Bi+3].[Bi+3].[Mo].[Mo]. The molecule has 0 aromatic heterocycles. The molecule has 0 saturated heterocycles. The summed E-state index contributed by atoms with van der Waals surface area (Å²) in [6, 6.07) is 0. The van der Waals surface area contributed by atoms with E-state index in [-0.39, 0.29) is 144 Å². The van der Waals surface area contributed by atoms with Crippen molar-refractivity contribution in [3.63, 3.8) is 0 Å². The third-order valence-corrected chi connectivity index (χ3v) is 0. The van der Waals surface area contributed by atoms with Crippen molar-refractivity contribution in [1.82, 2.24) is 0 Å². The van der Waals surface area contributed by atoms with E-state index in [1.807, 2.05) is 0 Å². The standard InChI is InChI=1S/2Bi.2Mo.9H2O/h;;;;9*1H2/q2*+3;;;;;;;;;;;. The summed E-state index contributed by atoms with van der Waals surface area (Å²) in [5, 5.41) is 0. The first-order valence-electron chi connectivity index (χ1n) is 0. The van der Waals surface area contributed by atoms with Crippen molar-refractivity contribution in [2.24, 2.45) is 0 Å². The zero-order valence-corrected chi connectivity index (χ0v) is 17.2. The average Bonchev–Trinajstić information content (AvgIpc) is 0. The third kappa shape index (κ3) is 312. The molecule has 0 aromatic rings. The van der Waals surface area contributed by atoms with Gasteiger partial charge in [0.05, 0.1) is 0 Å². The van der Waals surface area contributed by atoms with Crippen molar-refractivity contribution in [1.29, 1.82) is 0 Å². The van der Waals surface area contributed by atoms with Gasteiger partial charge in [0.15, 0.2) is 0 Å². The molecule has 0 aliphatic carbocycles. The van der Waals surface area contributed by atoms with Crippen LogP contribution in [0.15, 0.2) is 0 Å². The van der Waals surface area contributed by atoms with Crippen LogP contribution < -0.4 is 0 Å². The first-order chi connectivity index (χ1) is 0. The normalized spacial score (nSPS) is 0. The predicted molar refractivity (Wildman–Crippen MR) is 44.0 cm³/mol. The largest absolute Gasteiger partial charge is 3.00 e. The van der Waals surface area contributed by atoms with Gasteiger partial charge in [-0.15, -0.1) is 0 Å². The summed E-state index contributed by atoms with van der Waals surface area (Å²) in [5.41, 5.74) is 0. The van der Waals surface area contributed by atoms with E-state index >= 15 is 0 Å². The fourth-order valence-electron chi connectivity index (χ4n) is 0. The molecule has 9 nitrogen and oxygen atoms in total. The van der Waals surface area contributed by atoms with Crippen molar-refractivity contribution in [3.8, 4) is 0 Å². The average molecular weight is 772 g/mol. The minimum atomic E-state index is 0. The van der Waals surface area contributed by atoms with Gasteiger partial charge in [-0.1, -0.05) is 0 Å². The third-order valence-electron chi connectivity index (χ3n) is 0. The molecule has 13 heteroatoms. The van der Waals surface area contributed by atoms with E-state index in [1.54, 1.807) is 0 Å². The van der Waals surface area contributed by atoms with E-state index < -0.39 is 0 Å². The summed E-state index contributed by atoms with van der Waals surface area (Å²) in [7, 11) is 0. The minimum absolute atomic E-state index is 0. The van der Waals surface area contributed by atoms with Crippen LogP contribution in [0.2, 0.25) is 0 Å². The zero-order chi connectivity index (χ0) is 0. The predicted octanol–water partition coefficient (Wildman–Crippen LogP) is -8.19. The van der Waals surface area contributed by atoms with Crippen molar-refractivity contribution < 1.29 is 91.4 Å². The summed E-state index contributed by atoms with van der Waals surface area (Å²) in [6.45, 7) is 0. The Morgan fingerprint density at radius 3 is 0.231 bits per heavy atom. The van der Waals surface area contributed by atoms with Crippen LogP contribution in [0.3, 0.4) is 0 Å². The summed E-state index contributed by atoms with van der Waals surface area (Å²) in [5.74, 6) is 0. The summed E-state index contributed by atoms with van der Waals surface area (Å²) in [4.78, 5) is 0. The molecule has 0 fully saturated rings. The summed E-state index contributed by atoms with van der Waals surface area (Å²) >= 11 is 0. The van der Waals surface area contributed by atoms with Crippen LogP contribution in [-0.4, -0.2) is 102 Å². The van der Waals surface area contributed by atoms with E-state index in [2.05, 4.69) is 0 Å². The Balaban J connectivity index is 0. The maximum absolute atomic E-state index is 0. The van der Waals surface area contributed by atoms with Crippen LogP contribution in [-0.2, 0) is 42.1 Å². The van der Waals surface area contributed by atoms with Crippen LogP contribution in [0.5, 0.6) is 0 Å². The van der Waals surface area contributed by atoms with Crippen LogP contribution in [0.1, 0.15) is 0 Å². The van der Waals surface area contributed by atoms with Gasteiger partial charge in [0, 0.05) is 42.1 Å². The van der Waals surface area contributed by atoms with Gasteiger partial charge < -0.3 is 49.3 Å². The van der Waals surface area contributed by atoms with E-state index in [0.29, 0.717) is 0 Å². The molecule has 0 aliphatic rings. The Morgan fingerprint density at radius 1 is 0.231 bits per heavy atom. The van der Waals surface area contributed by atoms with Gasteiger partial charge in [0.1, 0.15) is 0 Å². The summed E-state index contributed by atoms with van der Waals surface area (Å²) in [6.07, 6.45) is 0. The molecule has 88 valence electrons. The van der Waals surface area contributed by atoms with Crippen LogP contribution in [0, 0.1) is 0 Å². The molecule has 0 heterocycles. The van der Waals surface area contributed by atoms with Gasteiger partial charge in [-0.2, -0.15) is 0 Å². The van der Waals surface area contributed by atoms with Gasteiger partial charge in [-0.05, 0) is 0 Å². The topological polar surface area (TPSA) is 284 Å². The first-order valence-corrected chi connectivity index (χ1v) is 0. The molecule has 0 saturated carbocycles. The molecule has 0 unspecified atom stereocenters. The van der Waals surface area contributed by atoms with Crippen molar-refractivity contribution in [3.05, 3.63) is 0 Å². The number of hydrogen-bond donors (Lipinski definition) is 0. The molecule has 0 bridgehead atoms. The Morgan fingerprint density at radius 2 is 0.231 bits per heavy atom. The Bertz CT molecular complexity index is 15.6. The fourth-order valence-corrected chi connectivity index (χ4v) is 0. The second-order valence-corrected chi connectivity index (χ2v) is 0. The molecule has 0 amide bonds. The maximum Gasteiger partial charge on any atom is 3.00 e. The van der Waals surface area contributed by atoms with Gasteiger partial charge in [-0.25, -0.2) is 0 Å². The Kier molecular flexibility index (Phi) is 12400. The van der Waals surface area contributed by atoms with Gasteiger partial charge in [0.25, 0.3) is 0 Å². The van der Waals surface area contributed by atoms with Gasteiger partial charge in [-0.3, -0.25) is 0 Å². The molecular weight excluding hydrogens is 754 g/mol. The van der Waals surface area contributed by atoms with Crippen molar-refractivity contribution in [2.75, 3.05) is 0 Å². The Hall–Kier alpha value is 2.78. The van der Waals surface area contributed by atoms with Crippen LogP contribution in [0.25, 0.3) is 0 Å². The molecule has 0 spiro atoms. The van der Waals surface area contributed by atoms with E-state index in [0.717, 1.165) is 0 Å². The quantitative estimate of drug-likeness (QED) is 0.208. The van der Waals surface area contributed by atoms with E-state index in [4.69, 9.17) is 0 Å². The molecule has 0 aliphatic heterocycles. The second-order valence-electron chi connectivity index (χ2n) is 0.